The van der Waals surface area contributed by atoms with Gasteiger partial charge in [-0.1, -0.05) is 54.1 Å². The lowest BCUT2D eigenvalue weighted by atomic mass is 9.93. The number of piperidine rings is 1. The van der Waals surface area contributed by atoms with Crippen molar-refractivity contribution in [2.24, 2.45) is 5.92 Å². The van der Waals surface area contributed by atoms with Gasteiger partial charge in [-0.05, 0) is 48.7 Å². The molecule has 2 saturated heterocycles. The fourth-order valence-electron chi connectivity index (χ4n) is 5.74. The van der Waals surface area contributed by atoms with Gasteiger partial charge in [-0.25, -0.2) is 0 Å². The fraction of sp³-hybridized carbons (Fsp3) is 0.290. The number of nitrogens with zero attached hydrogens (tertiary/aromatic N) is 2. The number of para-hydroxylation sites is 2. The third kappa shape index (κ3) is 5.24. The van der Waals surface area contributed by atoms with Crippen LogP contribution in [0.15, 0.2) is 77.6 Å². The molecule has 0 aliphatic carbocycles. The minimum absolute atomic E-state index is 0.0260. The van der Waals surface area contributed by atoms with Crippen LogP contribution < -0.4 is 20.7 Å². The maximum absolute atomic E-state index is 13.6. The third-order valence-corrected chi connectivity index (χ3v) is 7.87. The number of pyridine rings is 1. The average molecular weight is 543 g/mol. The summed E-state index contributed by atoms with van der Waals surface area (Å²) >= 11 is 6.40. The van der Waals surface area contributed by atoms with Crippen LogP contribution in [0.25, 0.3) is 22.0 Å². The molecule has 8 heteroatoms. The van der Waals surface area contributed by atoms with Crippen LogP contribution in [0, 0.1) is 5.92 Å². The van der Waals surface area contributed by atoms with E-state index in [1.165, 1.54) is 0 Å². The number of aromatic amines is 1. The minimum Gasteiger partial charge on any atom is -0.378 e. The SMILES string of the molecule is O=C(Nc1ccccc1N1CCOCC1)C1CCCN(c2c(-c3ccccc3)c3cc(Cl)ccc3[nH]c2=O)C1. The molecule has 39 heavy (non-hydrogen) atoms. The summed E-state index contributed by atoms with van der Waals surface area (Å²) < 4.78 is 5.51. The summed E-state index contributed by atoms with van der Waals surface area (Å²) in [5.41, 5.74) is 4.76. The summed E-state index contributed by atoms with van der Waals surface area (Å²) in [5, 5.41) is 4.68. The molecular formula is C31H31ClN4O3. The predicted molar refractivity (Wildman–Crippen MR) is 158 cm³/mol. The molecule has 2 N–H and O–H groups in total. The number of H-pyrrole nitrogens is 1. The highest BCUT2D eigenvalue weighted by molar-refractivity contribution is 6.31. The van der Waals surface area contributed by atoms with E-state index < -0.39 is 0 Å². The molecule has 7 nitrogen and oxygen atoms in total. The second kappa shape index (κ2) is 11.1. The number of aromatic nitrogens is 1. The van der Waals surface area contributed by atoms with Crippen LogP contribution >= 0.6 is 11.6 Å². The van der Waals surface area contributed by atoms with Gasteiger partial charge in [0.2, 0.25) is 5.91 Å². The second-order valence-electron chi connectivity index (χ2n) is 10.1. The van der Waals surface area contributed by atoms with Crippen molar-refractivity contribution >= 4 is 45.5 Å². The lowest BCUT2D eigenvalue weighted by Crippen LogP contribution is -2.43. The van der Waals surface area contributed by atoms with E-state index in [4.69, 9.17) is 16.3 Å². The van der Waals surface area contributed by atoms with Crippen LogP contribution in [-0.4, -0.2) is 50.3 Å². The van der Waals surface area contributed by atoms with Gasteiger partial charge in [0, 0.05) is 47.7 Å². The van der Waals surface area contributed by atoms with Gasteiger partial charge < -0.3 is 24.8 Å². The Balaban J connectivity index is 1.32. The summed E-state index contributed by atoms with van der Waals surface area (Å²) in [6.07, 6.45) is 1.57. The first-order valence-electron chi connectivity index (χ1n) is 13.5. The fourth-order valence-corrected chi connectivity index (χ4v) is 5.91. The van der Waals surface area contributed by atoms with Crippen molar-refractivity contribution < 1.29 is 9.53 Å². The number of ether oxygens (including phenoxy) is 1. The largest absolute Gasteiger partial charge is 0.378 e. The number of amides is 1. The topological polar surface area (TPSA) is 77.7 Å². The zero-order valence-electron chi connectivity index (χ0n) is 21.7. The Morgan fingerprint density at radius 2 is 1.72 bits per heavy atom. The highest BCUT2D eigenvalue weighted by Crippen LogP contribution is 2.37. The molecule has 6 rings (SSSR count). The van der Waals surface area contributed by atoms with E-state index in [-0.39, 0.29) is 17.4 Å². The Hall–Kier alpha value is -3.81. The van der Waals surface area contributed by atoms with Gasteiger partial charge in [0.1, 0.15) is 5.69 Å². The van der Waals surface area contributed by atoms with Crippen LogP contribution in [0.2, 0.25) is 5.02 Å². The molecule has 1 unspecified atom stereocenters. The highest BCUT2D eigenvalue weighted by atomic mass is 35.5. The zero-order valence-corrected chi connectivity index (χ0v) is 22.4. The van der Waals surface area contributed by atoms with E-state index in [9.17, 15) is 9.59 Å². The van der Waals surface area contributed by atoms with Crippen LogP contribution in [0.3, 0.4) is 0 Å². The molecular weight excluding hydrogens is 512 g/mol. The molecule has 0 radical (unpaired) electrons. The first-order chi connectivity index (χ1) is 19.1. The maximum atomic E-state index is 13.6. The Morgan fingerprint density at radius 3 is 2.54 bits per heavy atom. The lowest BCUT2D eigenvalue weighted by Gasteiger charge is -2.35. The first kappa shape index (κ1) is 25.5. The molecule has 2 aliphatic rings. The molecule has 0 spiro atoms. The van der Waals surface area contributed by atoms with E-state index >= 15 is 0 Å². The quantitative estimate of drug-likeness (QED) is 0.346. The summed E-state index contributed by atoms with van der Waals surface area (Å²) in [6.45, 7) is 4.09. The standard InChI is InChI=1S/C31H31ClN4O3/c32-23-12-13-25-24(19-23)28(21-7-2-1-3-8-21)29(31(38)33-25)36-14-6-9-22(20-36)30(37)34-26-10-4-5-11-27(26)35-15-17-39-18-16-35/h1-5,7-8,10-13,19,22H,6,9,14-18,20H2,(H,33,38)(H,34,37). The molecule has 0 saturated carbocycles. The number of benzene rings is 3. The van der Waals surface area contributed by atoms with Crippen molar-refractivity contribution in [3.05, 3.63) is 88.2 Å². The highest BCUT2D eigenvalue weighted by Gasteiger charge is 2.30. The molecule has 1 amide bonds. The Morgan fingerprint density at radius 1 is 0.949 bits per heavy atom. The van der Waals surface area contributed by atoms with E-state index in [2.05, 4.69) is 20.1 Å². The first-order valence-corrected chi connectivity index (χ1v) is 13.8. The summed E-state index contributed by atoms with van der Waals surface area (Å²) in [5.74, 6) is -0.281. The summed E-state index contributed by atoms with van der Waals surface area (Å²) in [7, 11) is 0. The van der Waals surface area contributed by atoms with Gasteiger partial charge in [-0.15, -0.1) is 0 Å². The van der Waals surface area contributed by atoms with Crippen LogP contribution in [0.5, 0.6) is 0 Å². The molecule has 0 bridgehead atoms. The van der Waals surface area contributed by atoms with Gasteiger partial charge in [-0.3, -0.25) is 9.59 Å². The number of nitrogens with one attached hydrogen (secondary N) is 2. The van der Waals surface area contributed by atoms with Crippen molar-refractivity contribution in [1.29, 1.82) is 0 Å². The monoisotopic (exact) mass is 542 g/mol. The summed E-state index contributed by atoms with van der Waals surface area (Å²) in [6, 6.07) is 23.4. The molecule has 1 atom stereocenters. The number of hydrogen-bond donors (Lipinski definition) is 2. The van der Waals surface area contributed by atoms with Gasteiger partial charge in [-0.2, -0.15) is 0 Å². The molecule has 2 aliphatic heterocycles. The van der Waals surface area contributed by atoms with E-state index in [0.717, 1.165) is 59.3 Å². The number of rotatable bonds is 5. The number of carbonyl (C=O) groups is 1. The van der Waals surface area contributed by atoms with Crippen molar-refractivity contribution in [3.8, 4) is 11.1 Å². The Kier molecular flexibility index (Phi) is 7.26. The smallest absolute Gasteiger partial charge is 0.272 e. The molecule has 200 valence electrons. The van der Waals surface area contributed by atoms with E-state index in [0.29, 0.717) is 37.0 Å². The van der Waals surface area contributed by atoms with E-state index in [1.54, 1.807) is 6.07 Å². The zero-order chi connectivity index (χ0) is 26.8. The summed E-state index contributed by atoms with van der Waals surface area (Å²) in [4.78, 5) is 34.5. The van der Waals surface area contributed by atoms with Crippen LogP contribution in [-0.2, 0) is 9.53 Å². The minimum atomic E-state index is -0.255. The normalized spacial score (nSPS) is 17.8. The van der Waals surface area contributed by atoms with Crippen LogP contribution in [0.1, 0.15) is 12.8 Å². The Labute approximate surface area is 232 Å². The third-order valence-electron chi connectivity index (χ3n) is 7.64. The number of anilines is 3. The number of morpholine rings is 1. The van der Waals surface area contributed by atoms with Crippen molar-refractivity contribution in [2.75, 3.05) is 54.5 Å². The van der Waals surface area contributed by atoms with Crippen LogP contribution in [0.4, 0.5) is 17.1 Å². The maximum Gasteiger partial charge on any atom is 0.272 e. The number of carbonyl (C=O) groups excluding carboxylic acids is 1. The van der Waals surface area contributed by atoms with Gasteiger partial charge in [0.25, 0.3) is 5.56 Å². The molecule has 3 aromatic carbocycles. The average Bonchev–Trinajstić information content (AvgIpc) is 2.98. The number of halogens is 1. The van der Waals surface area contributed by atoms with E-state index in [1.807, 2.05) is 66.7 Å². The Bertz CT molecular complexity index is 1550. The van der Waals surface area contributed by atoms with Crippen molar-refractivity contribution in [1.82, 2.24) is 4.98 Å². The molecule has 4 aromatic rings. The number of hydrogen-bond acceptors (Lipinski definition) is 5. The van der Waals surface area contributed by atoms with Gasteiger partial charge >= 0.3 is 0 Å². The second-order valence-corrected chi connectivity index (χ2v) is 10.6. The predicted octanol–water partition coefficient (Wildman–Crippen LogP) is 5.54. The molecule has 3 heterocycles. The van der Waals surface area contributed by atoms with Gasteiger partial charge in [0.15, 0.2) is 0 Å². The van der Waals surface area contributed by atoms with Gasteiger partial charge in [0.05, 0.1) is 30.5 Å². The van der Waals surface area contributed by atoms with Crippen molar-refractivity contribution in [3.63, 3.8) is 0 Å². The number of fused-ring (bicyclic) bond motifs is 1. The molecule has 2 fully saturated rings. The molecule has 1 aromatic heterocycles. The van der Waals surface area contributed by atoms with Crippen molar-refractivity contribution in [2.45, 2.75) is 12.8 Å². The lowest BCUT2D eigenvalue weighted by molar-refractivity contribution is -0.120.